The maximum absolute atomic E-state index is 14.2. The molecule has 3 aliphatic heterocycles. The third-order valence-electron chi connectivity index (χ3n) is 9.54. The van der Waals surface area contributed by atoms with Crippen LogP contribution in [0.4, 0.5) is 5.69 Å². The van der Waals surface area contributed by atoms with Gasteiger partial charge >= 0.3 is 0 Å². The Balaban J connectivity index is 1.30. The number of likely N-dealkylation sites (tertiary alicyclic amines) is 1. The lowest BCUT2D eigenvalue weighted by atomic mass is 9.73. The van der Waals surface area contributed by atoms with Crippen molar-refractivity contribution in [1.29, 1.82) is 0 Å². The van der Waals surface area contributed by atoms with Gasteiger partial charge in [0.25, 0.3) is 0 Å². The molecule has 8 atom stereocenters. The number of amides is 3. The average molecular weight is 562 g/mol. The first-order valence-electron chi connectivity index (χ1n) is 14.4. The summed E-state index contributed by atoms with van der Waals surface area (Å²) < 4.78 is 6.48. The number of nitrogens with one attached hydrogen (secondary N) is 2. The first-order valence-corrected chi connectivity index (χ1v) is 14.7. The zero-order valence-electron chi connectivity index (χ0n) is 22.9. The van der Waals surface area contributed by atoms with Gasteiger partial charge in [-0.2, -0.15) is 0 Å². The average Bonchev–Trinajstić information content (AvgIpc) is 3.58. The van der Waals surface area contributed by atoms with Crippen LogP contribution in [-0.4, -0.2) is 53.0 Å². The van der Waals surface area contributed by atoms with E-state index < -0.39 is 29.6 Å². The number of fused-ring (bicyclic) bond motifs is 1. The number of carbonyl (C=O) groups excluding carboxylic acids is 3. The first-order chi connectivity index (χ1) is 19.3. The molecule has 6 rings (SSSR count). The lowest BCUT2D eigenvalue weighted by Crippen LogP contribution is -2.58. The van der Waals surface area contributed by atoms with Gasteiger partial charge in [-0.15, -0.1) is 0 Å². The highest BCUT2D eigenvalue weighted by Gasteiger charge is 2.72. The first kappa shape index (κ1) is 27.0. The van der Waals surface area contributed by atoms with Crippen molar-refractivity contribution in [2.24, 2.45) is 23.7 Å². The lowest BCUT2D eigenvalue weighted by molar-refractivity contribution is -0.141. The molecule has 2 aromatic carbocycles. The summed E-state index contributed by atoms with van der Waals surface area (Å²) >= 11 is 6.13. The predicted molar refractivity (Wildman–Crippen MR) is 154 cm³/mol. The number of hydrogen-bond donors (Lipinski definition) is 2. The van der Waals surface area contributed by atoms with Gasteiger partial charge in [0.1, 0.15) is 11.6 Å². The molecule has 3 amide bonds. The second-order valence-electron chi connectivity index (χ2n) is 11.9. The highest BCUT2D eigenvalue weighted by atomic mass is 35.5. The van der Waals surface area contributed by atoms with Crippen LogP contribution < -0.4 is 10.6 Å². The number of benzene rings is 2. The molecule has 8 unspecified atom stereocenters. The molecule has 8 heteroatoms. The fraction of sp³-hybridized carbons (Fsp3) is 0.469. The zero-order chi connectivity index (χ0) is 28.0. The van der Waals surface area contributed by atoms with E-state index in [0.29, 0.717) is 35.5 Å². The van der Waals surface area contributed by atoms with Crippen molar-refractivity contribution in [2.75, 3.05) is 11.9 Å². The molecular weight excluding hydrogens is 526 g/mol. The summed E-state index contributed by atoms with van der Waals surface area (Å²) in [7, 11) is 0. The molecule has 210 valence electrons. The molecule has 2 aromatic rings. The molecule has 2 N–H and O–H groups in total. The molecule has 2 bridgehead atoms. The molecule has 4 aliphatic rings. The number of anilines is 1. The van der Waals surface area contributed by atoms with E-state index in [4.69, 9.17) is 16.3 Å². The minimum absolute atomic E-state index is 0.0438. The largest absolute Gasteiger partial charge is 0.359 e. The zero-order valence-corrected chi connectivity index (χ0v) is 23.6. The number of rotatable bonds is 7. The standard InChI is InChI=1S/C32H36ClN3O4/c1-19-8-6-13-24(20(19)2)35-30(38)28-32-16-14-25(40-32)26(29(37)34-23-12-7-11-22(33)18-23)27(32)31(39)36(28)17-15-21-9-4-3-5-10-21/h3-5,7,9-12,14,16,18-20,24-28H,6,8,13,15,17H2,1-2H3,(H,34,37)(H,35,38). The summed E-state index contributed by atoms with van der Waals surface area (Å²) in [5.74, 6) is -1.39. The summed E-state index contributed by atoms with van der Waals surface area (Å²) in [5.41, 5.74) is 0.455. The van der Waals surface area contributed by atoms with Crippen LogP contribution in [0.2, 0.25) is 5.02 Å². The Morgan fingerprint density at radius 2 is 1.88 bits per heavy atom. The molecule has 0 radical (unpaired) electrons. The fourth-order valence-corrected chi connectivity index (χ4v) is 7.43. The van der Waals surface area contributed by atoms with Gasteiger partial charge in [-0.25, -0.2) is 0 Å². The van der Waals surface area contributed by atoms with Crippen LogP contribution in [0.1, 0.15) is 38.7 Å². The van der Waals surface area contributed by atoms with E-state index in [-0.39, 0.29) is 23.8 Å². The third kappa shape index (κ3) is 4.63. The topological polar surface area (TPSA) is 87.7 Å². The van der Waals surface area contributed by atoms with E-state index >= 15 is 0 Å². The van der Waals surface area contributed by atoms with Crippen molar-refractivity contribution in [2.45, 2.75) is 63.3 Å². The molecule has 3 heterocycles. The van der Waals surface area contributed by atoms with Crippen molar-refractivity contribution >= 4 is 35.0 Å². The van der Waals surface area contributed by atoms with Crippen molar-refractivity contribution < 1.29 is 19.1 Å². The number of carbonyl (C=O) groups is 3. The Labute approximate surface area is 240 Å². The molecular formula is C32H36ClN3O4. The summed E-state index contributed by atoms with van der Waals surface area (Å²) in [5, 5.41) is 6.74. The number of nitrogens with zero attached hydrogens (tertiary/aromatic N) is 1. The molecule has 0 aromatic heterocycles. The number of hydrogen-bond acceptors (Lipinski definition) is 4. The van der Waals surface area contributed by atoms with E-state index in [9.17, 15) is 14.4 Å². The third-order valence-corrected chi connectivity index (χ3v) is 9.77. The van der Waals surface area contributed by atoms with Gasteiger partial charge in [-0.1, -0.05) is 86.8 Å². The van der Waals surface area contributed by atoms with Gasteiger partial charge in [-0.05, 0) is 48.4 Å². The van der Waals surface area contributed by atoms with Crippen LogP contribution in [0.15, 0.2) is 66.7 Å². The molecule has 2 saturated heterocycles. The molecule has 1 spiro atoms. The number of halogens is 1. The Bertz CT molecular complexity index is 1330. The highest BCUT2D eigenvalue weighted by molar-refractivity contribution is 6.30. The van der Waals surface area contributed by atoms with E-state index in [1.54, 1.807) is 29.2 Å². The summed E-state index contributed by atoms with van der Waals surface area (Å²) in [6, 6.07) is 16.0. The number of ether oxygens (including phenoxy) is 1. The normalized spacial score (nSPS) is 34.1. The van der Waals surface area contributed by atoms with Crippen LogP contribution in [0.5, 0.6) is 0 Å². The van der Waals surface area contributed by atoms with Crippen molar-refractivity contribution in [1.82, 2.24) is 10.2 Å². The minimum atomic E-state index is -1.18. The molecule has 7 nitrogen and oxygen atoms in total. The van der Waals surface area contributed by atoms with E-state index in [2.05, 4.69) is 24.5 Å². The maximum atomic E-state index is 14.2. The second kappa shape index (κ2) is 10.7. The van der Waals surface area contributed by atoms with Gasteiger partial charge in [0.15, 0.2) is 0 Å². The smallest absolute Gasteiger partial charge is 0.246 e. The highest BCUT2D eigenvalue weighted by Crippen LogP contribution is 2.55. The van der Waals surface area contributed by atoms with Gasteiger partial charge in [0, 0.05) is 23.3 Å². The second-order valence-corrected chi connectivity index (χ2v) is 12.3. The Morgan fingerprint density at radius 3 is 2.65 bits per heavy atom. The van der Waals surface area contributed by atoms with Gasteiger partial charge in [-0.3, -0.25) is 14.4 Å². The fourth-order valence-electron chi connectivity index (χ4n) is 7.24. The van der Waals surface area contributed by atoms with E-state index in [0.717, 1.165) is 24.8 Å². The molecule has 1 aliphatic carbocycles. The molecule has 1 saturated carbocycles. The predicted octanol–water partition coefficient (Wildman–Crippen LogP) is 4.61. The molecule has 40 heavy (non-hydrogen) atoms. The van der Waals surface area contributed by atoms with Crippen molar-refractivity contribution in [3.63, 3.8) is 0 Å². The van der Waals surface area contributed by atoms with Crippen LogP contribution >= 0.6 is 11.6 Å². The monoisotopic (exact) mass is 561 g/mol. The maximum Gasteiger partial charge on any atom is 0.246 e. The van der Waals surface area contributed by atoms with Gasteiger partial charge in [0.2, 0.25) is 17.7 Å². The van der Waals surface area contributed by atoms with E-state index in [1.165, 1.54) is 0 Å². The van der Waals surface area contributed by atoms with Crippen LogP contribution in [0.25, 0.3) is 0 Å². The van der Waals surface area contributed by atoms with Crippen LogP contribution in [0.3, 0.4) is 0 Å². The minimum Gasteiger partial charge on any atom is -0.359 e. The van der Waals surface area contributed by atoms with Crippen LogP contribution in [0, 0.1) is 23.7 Å². The summed E-state index contributed by atoms with van der Waals surface area (Å²) in [6.07, 6.45) is 6.87. The molecule has 3 fully saturated rings. The van der Waals surface area contributed by atoms with Crippen molar-refractivity contribution in [3.05, 3.63) is 77.3 Å². The van der Waals surface area contributed by atoms with Crippen molar-refractivity contribution in [3.8, 4) is 0 Å². The Morgan fingerprint density at radius 1 is 1.07 bits per heavy atom. The summed E-state index contributed by atoms with van der Waals surface area (Å²) in [6.45, 7) is 4.79. The SMILES string of the molecule is CC1CCCC(NC(=O)C2N(CCc3ccccc3)C(=O)C3C(C(=O)Nc4cccc(Cl)c4)C4C=CC32O4)C1C. The lowest BCUT2D eigenvalue weighted by Gasteiger charge is -2.38. The Kier molecular flexibility index (Phi) is 7.21. The van der Waals surface area contributed by atoms with Gasteiger partial charge < -0.3 is 20.3 Å². The van der Waals surface area contributed by atoms with E-state index in [1.807, 2.05) is 42.5 Å². The van der Waals surface area contributed by atoms with Gasteiger partial charge in [0.05, 0.1) is 17.9 Å². The summed E-state index contributed by atoms with van der Waals surface area (Å²) in [4.78, 5) is 43.6. The van der Waals surface area contributed by atoms with Crippen LogP contribution in [-0.2, 0) is 25.5 Å². The Hall–Kier alpha value is -3.16. The quantitative estimate of drug-likeness (QED) is 0.483.